The van der Waals surface area contributed by atoms with Crippen LogP contribution in [0.15, 0.2) is 47.6 Å². The minimum atomic E-state index is 0.112. The number of fused-ring (bicyclic) bond motifs is 1. The van der Waals surface area contributed by atoms with Gasteiger partial charge in [-0.2, -0.15) is 5.10 Å². The average Bonchev–Trinajstić information content (AvgIpc) is 2.92. The first-order valence-electron chi connectivity index (χ1n) is 6.96. The van der Waals surface area contributed by atoms with Crippen LogP contribution in [0.1, 0.15) is 12.5 Å². The quantitative estimate of drug-likeness (QED) is 0.499. The minimum Gasteiger partial charge on any atom is -0.507 e. The summed E-state index contributed by atoms with van der Waals surface area (Å²) in [6, 6.07) is 12.8. The van der Waals surface area contributed by atoms with Gasteiger partial charge in [-0.25, -0.2) is 10.4 Å². The summed E-state index contributed by atoms with van der Waals surface area (Å²) in [6.45, 7) is 2.45. The van der Waals surface area contributed by atoms with E-state index < -0.39 is 0 Å². The van der Waals surface area contributed by atoms with E-state index in [0.29, 0.717) is 23.9 Å². The van der Waals surface area contributed by atoms with Gasteiger partial charge in [0.25, 0.3) is 0 Å². The fraction of sp³-hybridized carbons (Fsp3) is 0.125. The number of nitrogens with one attached hydrogen (secondary N) is 2. The molecule has 0 unspecified atom stereocenters. The molecule has 0 radical (unpaired) electrons. The molecule has 1 heterocycles. The third-order valence-electron chi connectivity index (χ3n) is 3.08. The van der Waals surface area contributed by atoms with E-state index >= 15 is 0 Å². The molecule has 0 aliphatic carbocycles. The van der Waals surface area contributed by atoms with E-state index in [1.165, 1.54) is 6.21 Å². The van der Waals surface area contributed by atoms with Crippen molar-refractivity contribution >= 4 is 23.2 Å². The molecule has 3 rings (SSSR count). The van der Waals surface area contributed by atoms with Crippen LogP contribution >= 0.6 is 0 Å². The number of nitrogens with zero attached hydrogens (tertiary/aromatic N) is 2. The summed E-state index contributed by atoms with van der Waals surface area (Å²) < 4.78 is 5.31. The zero-order valence-electron chi connectivity index (χ0n) is 12.1. The molecule has 112 valence electrons. The number of aromatic hydroxyl groups is 1. The highest BCUT2D eigenvalue weighted by Gasteiger charge is 2.02. The molecule has 6 heteroatoms. The first-order chi connectivity index (χ1) is 10.8. The average molecular weight is 296 g/mol. The van der Waals surface area contributed by atoms with Crippen LogP contribution in [-0.4, -0.2) is 27.9 Å². The van der Waals surface area contributed by atoms with Crippen molar-refractivity contribution in [3.8, 4) is 11.5 Å². The van der Waals surface area contributed by atoms with Crippen molar-refractivity contribution in [2.75, 3.05) is 12.0 Å². The smallest absolute Gasteiger partial charge is 0.222 e. The molecule has 6 nitrogen and oxygen atoms in total. The van der Waals surface area contributed by atoms with Crippen LogP contribution in [0.3, 0.4) is 0 Å². The fourth-order valence-corrected chi connectivity index (χ4v) is 2.06. The normalized spacial score (nSPS) is 11.1. The topological polar surface area (TPSA) is 82.5 Å². The number of hydrogen-bond donors (Lipinski definition) is 3. The number of H-pyrrole nitrogens is 1. The lowest BCUT2D eigenvalue weighted by Crippen LogP contribution is -1.94. The summed E-state index contributed by atoms with van der Waals surface area (Å²) >= 11 is 0. The summed E-state index contributed by atoms with van der Waals surface area (Å²) in [4.78, 5) is 7.45. The van der Waals surface area contributed by atoms with Gasteiger partial charge in [-0.05, 0) is 31.2 Å². The Kier molecular flexibility index (Phi) is 3.91. The van der Waals surface area contributed by atoms with Gasteiger partial charge >= 0.3 is 0 Å². The van der Waals surface area contributed by atoms with Crippen LogP contribution in [0.2, 0.25) is 0 Å². The molecule has 2 aromatic carbocycles. The van der Waals surface area contributed by atoms with Gasteiger partial charge in [0.15, 0.2) is 0 Å². The lowest BCUT2D eigenvalue weighted by atomic mass is 10.2. The lowest BCUT2D eigenvalue weighted by Gasteiger charge is -2.04. The molecule has 0 saturated heterocycles. The molecule has 3 N–H and O–H groups in total. The predicted octanol–water partition coefficient (Wildman–Crippen LogP) is 3.11. The largest absolute Gasteiger partial charge is 0.507 e. The zero-order valence-corrected chi connectivity index (χ0v) is 12.1. The minimum absolute atomic E-state index is 0.112. The number of anilines is 1. The SMILES string of the molecule is CCOc1ccc(/C=N/Nc2nc3ccccc3[nH]2)c(O)c1. The molecule has 22 heavy (non-hydrogen) atoms. The summed E-state index contributed by atoms with van der Waals surface area (Å²) in [5.41, 5.74) is 5.20. The Morgan fingerprint density at radius 2 is 2.18 bits per heavy atom. The highest BCUT2D eigenvalue weighted by atomic mass is 16.5. The number of hydrogen-bond acceptors (Lipinski definition) is 5. The van der Waals surface area contributed by atoms with Crippen LogP contribution in [0, 0.1) is 0 Å². The van der Waals surface area contributed by atoms with E-state index in [-0.39, 0.29) is 5.75 Å². The van der Waals surface area contributed by atoms with Crippen molar-refractivity contribution in [3.05, 3.63) is 48.0 Å². The summed E-state index contributed by atoms with van der Waals surface area (Å²) in [7, 11) is 0. The zero-order chi connectivity index (χ0) is 15.4. The molecule has 0 spiro atoms. The Morgan fingerprint density at radius 3 is 2.95 bits per heavy atom. The first kappa shape index (κ1) is 13.9. The number of ether oxygens (including phenoxy) is 1. The molecule has 0 aliphatic heterocycles. The molecule has 0 atom stereocenters. The maximum absolute atomic E-state index is 9.91. The monoisotopic (exact) mass is 296 g/mol. The van der Waals surface area contributed by atoms with Gasteiger partial charge in [0.05, 0.1) is 23.9 Å². The second-order valence-corrected chi connectivity index (χ2v) is 4.63. The van der Waals surface area contributed by atoms with Gasteiger partial charge in [0.1, 0.15) is 11.5 Å². The van der Waals surface area contributed by atoms with Gasteiger partial charge in [0, 0.05) is 11.6 Å². The van der Waals surface area contributed by atoms with E-state index in [2.05, 4.69) is 20.5 Å². The lowest BCUT2D eigenvalue weighted by molar-refractivity contribution is 0.337. The number of phenolic OH excluding ortho intramolecular Hbond substituents is 1. The van der Waals surface area contributed by atoms with Gasteiger partial charge in [-0.15, -0.1) is 0 Å². The second-order valence-electron chi connectivity index (χ2n) is 4.63. The molecule has 0 aliphatic rings. The standard InChI is InChI=1S/C16H16N4O2/c1-2-22-12-8-7-11(15(21)9-12)10-17-20-16-18-13-5-3-4-6-14(13)19-16/h3-10,21H,2H2,1H3,(H2,18,19,20)/b17-10+. The van der Waals surface area contributed by atoms with E-state index in [0.717, 1.165) is 11.0 Å². The summed E-state index contributed by atoms with van der Waals surface area (Å²) in [5, 5.41) is 14.0. The number of hydrazone groups is 1. The number of phenols is 1. The van der Waals surface area contributed by atoms with Crippen molar-refractivity contribution in [2.24, 2.45) is 5.10 Å². The van der Waals surface area contributed by atoms with Gasteiger partial charge < -0.3 is 14.8 Å². The number of aromatic amines is 1. The first-order valence-corrected chi connectivity index (χ1v) is 6.96. The van der Waals surface area contributed by atoms with Gasteiger partial charge in [0.2, 0.25) is 5.95 Å². The number of para-hydroxylation sites is 2. The molecular weight excluding hydrogens is 280 g/mol. The van der Waals surface area contributed by atoms with E-state index in [4.69, 9.17) is 4.74 Å². The molecule has 0 fully saturated rings. The maximum Gasteiger partial charge on any atom is 0.222 e. The number of aromatic nitrogens is 2. The predicted molar refractivity (Wildman–Crippen MR) is 86.6 cm³/mol. The Labute approximate surface area is 127 Å². The van der Waals surface area contributed by atoms with Crippen LogP contribution in [0.25, 0.3) is 11.0 Å². The van der Waals surface area contributed by atoms with Crippen molar-refractivity contribution < 1.29 is 9.84 Å². The van der Waals surface area contributed by atoms with Crippen LogP contribution in [-0.2, 0) is 0 Å². The Balaban J connectivity index is 1.71. The van der Waals surface area contributed by atoms with Crippen LogP contribution < -0.4 is 10.2 Å². The van der Waals surface area contributed by atoms with Gasteiger partial charge in [-0.1, -0.05) is 12.1 Å². The van der Waals surface area contributed by atoms with E-state index in [1.807, 2.05) is 31.2 Å². The van der Waals surface area contributed by atoms with Crippen molar-refractivity contribution in [1.82, 2.24) is 9.97 Å². The van der Waals surface area contributed by atoms with E-state index in [1.54, 1.807) is 18.2 Å². The third kappa shape index (κ3) is 3.01. The fourth-order valence-electron chi connectivity index (χ4n) is 2.06. The molecule has 0 saturated carbocycles. The Hall–Kier alpha value is -3.02. The molecule has 3 aromatic rings. The summed E-state index contributed by atoms with van der Waals surface area (Å²) in [5.74, 6) is 1.28. The number of benzene rings is 2. The molecule has 0 bridgehead atoms. The summed E-state index contributed by atoms with van der Waals surface area (Å²) in [6.07, 6.45) is 1.53. The van der Waals surface area contributed by atoms with Crippen LogP contribution in [0.5, 0.6) is 11.5 Å². The van der Waals surface area contributed by atoms with Crippen molar-refractivity contribution in [1.29, 1.82) is 0 Å². The highest BCUT2D eigenvalue weighted by molar-refractivity contribution is 5.84. The second kappa shape index (κ2) is 6.17. The maximum atomic E-state index is 9.91. The molecule has 0 amide bonds. The highest BCUT2D eigenvalue weighted by Crippen LogP contribution is 2.22. The number of rotatable bonds is 5. The van der Waals surface area contributed by atoms with Crippen molar-refractivity contribution in [2.45, 2.75) is 6.92 Å². The Bertz CT molecular complexity index is 778. The van der Waals surface area contributed by atoms with E-state index in [9.17, 15) is 5.11 Å². The number of imidazole rings is 1. The molecule has 1 aromatic heterocycles. The van der Waals surface area contributed by atoms with Crippen LogP contribution in [0.4, 0.5) is 5.95 Å². The Morgan fingerprint density at radius 1 is 1.32 bits per heavy atom. The van der Waals surface area contributed by atoms with Gasteiger partial charge in [-0.3, -0.25) is 0 Å². The third-order valence-corrected chi connectivity index (χ3v) is 3.08. The molecular formula is C16H16N4O2. The van der Waals surface area contributed by atoms with Crippen molar-refractivity contribution in [3.63, 3.8) is 0 Å².